The molecule has 0 N–H and O–H groups in total. The van der Waals surface area contributed by atoms with Crippen LogP contribution in [0, 0.1) is 0 Å². The predicted molar refractivity (Wildman–Crippen MR) is 28.9 cm³/mol. The summed E-state index contributed by atoms with van der Waals surface area (Å²) in [5.74, 6) is 0. The van der Waals surface area contributed by atoms with E-state index < -0.39 is 11.1 Å². The van der Waals surface area contributed by atoms with Crippen LogP contribution in [-0.2, 0) is 15.3 Å². The van der Waals surface area contributed by atoms with Gasteiger partial charge in [-0.1, -0.05) is 6.58 Å². The molecule has 7 heavy (non-hydrogen) atoms. The molecule has 0 aliphatic heterocycles. The molecule has 0 amide bonds. The summed E-state index contributed by atoms with van der Waals surface area (Å²) in [6, 6.07) is 0. The highest BCUT2D eigenvalue weighted by molar-refractivity contribution is 7.83. The van der Waals surface area contributed by atoms with Crippen molar-refractivity contribution >= 4 is 11.1 Å². The van der Waals surface area contributed by atoms with Gasteiger partial charge in [0.15, 0.2) is 11.1 Å². The molecule has 3 heteroatoms. The molecule has 0 spiro atoms. The average molecular weight is 118 g/mol. The topological polar surface area (TPSA) is 26.3 Å². The van der Waals surface area contributed by atoms with Gasteiger partial charge in [0.25, 0.3) is 0 Å². The van der Waals surface area contributed by atoms with E-state index in [0.29, 0.717) is 0 Å². The van der Waals surface area contributed by atoms with E-state index in [1.165, 1.54) is 12.5 Å². The molecule has 0 aromatic carbocycles. The van der Waals surface area contributed by atoms with Crippen molar-refractivity contribution in [2.45, 2.75) is 0 Å². The second-order valence-electron chi connectivity index (χ2n) is 0.749. The molecule has 2 nitrogen and oxygen atoms in total. The van der Waals surface area contributed by atoms with Crippen LogP contribution in [0.5, 0.6) is 0 Å². The zero-order valence-corrected chi connectivity index (χ0v) is 4.83. The fraction of sp³-hybridized carbons (Fsp3) is 0.250. The van der Waals surface area contributed by atoms with E-state index in [2.05, 4.69) is 16.5 Å². The molecule has 0 heterocycles. The van der Waals surface area contributed by atoms with Gasteiger partial charge < -0.3 is 0 Å². The van der Waals surface area contributed by atoms with E-state index in [9.17, 15) is 4.21 Å². The van der Waals surface area contributed by atoms with E-state index in [1.807, 2.05) is 0 Å². The highest BCUT2D eigenvalue weighted by Crippen LogP contribution is 1.78. The SMILES string of the molecule is C=C=CS(=O)OC. The standard InChI is InChI=1S/C4H6O2S/c1-3-4-7(5)6-2/h4H,1H2,2H3. The van der Waals surface area contributed by atoms with Gasteiger partial charge in [-0.05, 0) is 0 Å². The second kappa shape index (κ2) is 3.81. The van der Waals surface area contributed by atoms with Crippen LogP contribution in [-0.4, -0.2) is 11.3 Å². The van der Waals surface area contributed by atoms with Gasteiger partial charge in [-0.15, -0.1) is 5.73 Å². The Labute approximate surface area is 45.2 Å². The minimum absolute atomic E-state index is 1.24. The van der Waals surface area contributed by atoms with E-state index in [0.717, 1.165) is 0 Å². The zero-order valence-electron chi connectivity index (χ0n) is 4.01. The molecule has 0 aromatic rings. The maximum absolute atomic E-state index is 10.1. The summed E-state index contributed by atoms with van der Waals surface area (Å²) in [5.41, 5.74) is 2.32. The second-order valence-corrected chi connectivity index (χ2v) is 1.84. The molecular weight excluding hydrogens is 112 g/mol. The summed E-state index contributed by atoms with van der Waals surface area (Å²) < 4.78 is 14.4. The Hall–Kier alpha value is -0.370. The summed E-state index contributed by atoms with van der Waals surface area (Å²) in [6.45, 7) is 3.20. The molecule has 0 aliphatic carbocycles. The summed E-state index contributed by atoms with van der Waals surface area (Å²) >= 11 is -1.33. The summed E-state index contributed by atoms with van der Waals surface area (Å²) in [6.07, 6.45) is 0. The Bertz CT molecular complexity index is 113. The van der Waals surface area contributed by atoms with Crippen LogP contribution in [0.2, 0.25) is 0 Å². The summed E-state index contributed by atoms with van der Waals surface area (Å²) in [5, 5.41) is 1.24. The first-order valence-corrected chi connectivity index (χ1v) is 2.76. The normalized spacial score (nSPS) is 12.1. The van der Waals surface area contributed by atoms with Crippen molar-refractivity contribution in [1.29, 1.82) is 0 Å². The smallest absolute Gasteiger partial charge is 0.189 e. The molecule has 0 rings (SSSR count). The van der Waals surface area contributed by atoms with Gasteiger partial charge in [0, 0.05) is 0 Å². The number of rotatable bonds is 2. The highest BCUT2D eigenvalue weighted by Gasteiger charge is 1.80. The zero-order chi connectivity index (χ0) is 5.70. The van der Waals surface area contributed by atoms with Gasteiger partial charge in [-0.2, -0.15) is 0 Å². The minimum Gasteiger partial charge on any atom is -0.290 e. The third-order valence-electron chi connectivity index (χ3n) is 0.344. The molecule has 1 atom stereocenters. The Morgan fingerprint density at radius 1 is 2.00 bits per heavy atom. The maximum atomic E-state index is 10.1. The first-order valence-electron chi connectivity index (χ1n) is 1.62. The quantitative estimate of drug-likeness (QED) is 0.496. The van der Waals surface area contributed by atoms with Crippen molar-refractivity contribution in [2.24, 2.45) is 0 Å². The summed E-state index contributed by atoms with van der Waals surface area (Å²) in [7, 11) is 1.35. The fourth-order valence-corrected chi connectivity index (χ4v) is 0.348. The third-order valence-corrected chi connectivity index (χ3v) is 1.03. The van der Waals surface area contributed by atoms with E-state index in [4.69, 9.17) is 0 Å². The van der Waals surface area contributed by atoms with Gasteiger partial charge in [-0.25, -0.2) is 4.21 Å². The lowest BCUT2D eigenvalue weighted by Crippen LogP contribution is -1.82. The van der Waals surface area contributed by atoms with Crippen molar-refractivity contribution in [3.05, 3.63) is 17.7 Å². The number of hydrogen-bond acceptors (Lipinski definition) is 2. The van der Waals surface area contributed by atoms with Crippen LogP contribution in [0.3, 0.4) is 0 Å². The lowest BCUT2D eigenvalue weighted by atomic mass is 11.0. The van der Waals surface area contributed by atoms with E-state index in [-0.39, 0.29) is 0 Å². The molecule has 0 bridgehead atoms. The Kier molecular flexibility index (Phi) is 3.61. The third kappa shape index (κ3) is 3.46. The molecule has 0 aromatic heterocycles. The molecular formula is C4H6O2S. The molecule has 0 radical (unpaired) electrons. The van der Waals surface area contributed by atoms with Crippen molar-refractivity contribution in [3.63, 3.8) is 0 Å². The van der Waals surface area contributed by atoms with Crippen molar-refractivity contribution in [1.82, 2.24) is 0 Å². The van der Waals surface area contributed by atoms with Crippen LogP contribution < -0.4 is 0 Å². The van der Waals surface area contributed by atoms with Gasteiger partial charge in [-0.3, -0.25) is 4.18 Å². The minimum atomic E-state index is -1.33. The monoisotopic (exact) mass is 118 g/mol. The van der Waals surface area contributed by atoms with E-state index in [1.54, 1.807) is 0 Å². The first-order chi connectivity index (χ1) is 3.31. The van der Waals surface area contributed by atoms with Crippen molar-refractivity contribution < 1.29 is 8.39 Å². The Morgan fingerprint density at radius 3 is 2.71 bits per heavy atom. The maximum Gasteiger partial charge on any atom is 0.189 e. The summed E-state index contributed by atoms with van der Waals surface area (Å²) in [4.78, 5) is 0. The lowest BCUT2D eigenvalue weighted by Gasteiger charge is -1.81. The van der Waals surface area contributed by atoms with Crippen LogP contribution in [0.4, 0.5) is 0 Å². The van der Waals surface area contributed by atoms with Crippen LogP contribution in [0.15, 0.2) is 17.7 Å². The van der Waals surface area contributed by atoms with Gasteiger partial charge in [0.1, 0.15) is 0 Å². The van der Waals surface area contributed by atoms with Gasteiger partial charge in [0.2, 0.25) is 0 Å². The molecule has 0 saturated carbocycles. The van der Waals surface area contributed by atoms with Crippen molar-refractivity contribution in [2.75, 3.05) is 7.11 Å². The number of hydrogen-bond donors (Lipinski definition) is 0. The molecule has 1 unspecified atom stereocenters. The molecule has 0 fully saturated rings. The highest BCUT2D eigenvalue weighted by atomic mass is 32.2. The van der Waals surface area contributed by atoms with Crippen molar-refractivity contribution in [3.8, 4) is 0 Å². The van der Waals surface area contributed by atoms with Gasteiger partial charge >= 0.3 is 0 Å². The largest absolute Gasteiger partial charge is 0.290 e. The van der Waals surface area contributed by atoms with E-state index >= 15 is 0 Å². The lowest BCUT2D eigenvalue weighted by molar-refractivity contribution is 0.452. The molecule has 0 saturated heterocycles. The van der Waals surface area contributed by atoms with Gasteiger partial charge in [0.05, 0.1) is 12.5 Å². The van der Waals surface area contributed by atoms with Crippen LogP contribution in [0.25, 0.3) is 0 Å². The van der Waals surface area contributed by atoms with Crippen LogP contribution in [0.1, 0.15) is 0 Å². The fourth-order valence-electron chi connectivity index (χ4n) is 0.116. The van der Waals surface area contributed by atoms with Crippen LogP contribution >= 0.6 is 0 Å². The molecule has 40 valence electrons. The Balaban J connectivity index is 3.58. The average Bonchev–Trinajstić information content (AvgIpc) is 1.68. The molecule has 0 aliphatic rings. The predicted octanol–water partition coefficient (Wildman–Crippen LogP) is 0.595. The Morgan fingerprint density at radius 2 is 2.57 bits per heavy atom. The first kappa shape index (κ1) is 6.63.